The third-order valence-corrected chi connectivity index (χ3v) is 5.52. The topological polar surface area (TPSA) is 17.1 Å². The molecule has 0 amide bonds. The van der Waals surface area contributed by atoms with Gasteiger partial charge in [-0.3, -0.25) is 4.79 Å². The third-order valence-electron chi connectivity index (χ3n) is 5.52. The van der Waals surface area contributed by atoms with Gasteiger partial charge in [0, 0.05) is 12.3 Å². The van der Waals surface area contributed by atoms with Gasteiger partial charge in [0.15, 0.2) is 0 Å². The van der Waals surface area contributed by atoms with E-state index in [1.165, 1.54) is 0 Å². The summed E-state index contributed by atoms with van der Waals surface area (Å²) in [5.74, 6) is 3.35. The number of allylic oxidation sites excluding steroid dienone is 2. The molecule has 2 aliphatic rings. The van der Waals surface area contributed by atoms with Crippen molar-refractivity contribution in [3.8, 4) is 0 Å². The molecule has 0 heterocycles. The van der Waals surface area contributed by atoms with E-state index in [9.17, 15) is 4.79 Å². The smallest absolute Gasteiger partial charge is 0.137 e. The monoisotopic (exact) mass is 278 g/mol. The molecule has 1 heteroatoms. The Balaban J connectivity index is 0.000000956. The number of carbonyl (C=O) groups is 1. The van der Waals surface area contributed by atoms with Gasteiger partial charge in [0.1, 0.15) is 5.78 Å². The van der Waals surface area contributed by atoms with Gasteiger partial charge in [-0.25, -0.2) is 0 Å². The quantitative estimate of drug-likeness (QED) is 0.609. The number of Topliss-reactive ketones (excluding diaryl/α,β-unsaturated/α-hetero) is 1. The van der Waals surface area contributed by atoms with Gasteiger partial charge in [-0.15, -0.1) is 0 Å². The maximum Gasteiger partial charge on any atom is 0.137 e. The molecule has 0 aromatic heterocycles. The Morgan fingerprint density at radius 3 is 2.20 bits per heavy atom. The maximum atomic E-state index is 12.5. The molecular formula is C19H34O. The van der Waals surface area contributed by atoms with Crippen LogP contribution in [0.15, 0.2) is 12.2 Å². The van der Waals surface area contributed by atoms with Crippen LogP contribution in [0.2, 0.25) is 0 Å². The first-order chi connectivity index (χ1) is 9.38. The Kier molecular flexibility index (Phi) is 6.04. The molecule has 0 aromatic carbocycles. The highest BCUT2D eigenvalue weighted by Gasteiger charge is 2.53. The van der Waals surface area contributed by atoms with Gasteiger partial charge in [0.2, 0.25) is 0 Å². The second-order valence-corrected chi connectivity index (χ2v) is 7.32. The van der Waals surface area contributed by atoms with Crippen LogP contribution in [0.1, 0.15) is 67.7 Å². The van der Waals surface area contributed by atoms with Crippen LogP contribution >= 0.6 is 0 Å². The third kappa shape index (κ3) is 3.02. The molecule has 1 saturated carbocycles. The highest BCUT2D eigenvalue weighted by Crippen LogP contribution is 2.56. The summed E-state index contributed by atoms with van der Waals surface area (Å²) >= 11 is 0. The molecule has 0 N–H and O–H groups in total. The van der Waals surface area contributed by atoms with Crippen LogP contribution in [0.3, 0.4) is 0 Å². The molecule has 0 saturated heterocycles. The second-order valence-electron chi connectivity index (χ2n) is 7.32. The lowest BCUT2D eigenvalue weighted by molar-refractivity contribution is -0.142. The standard InChI is InChI=1S/C17H28O.C2H6/c1-11(2)13-10-15(18)14-8-6-7-9-17(14,5)16(13)12(3)4;1-2/h6-7,11-14,16H,8-10H2,1-5H3;1-2H3. The van der Waals surface area contributed by atoms with Crippen LogP contribution in [0.4, 0.5) is 0 Å². The first-order valence-electron chi connectivity index (χ1n) is 8.55. The lowest BCUT2D eigenvalue weighted by Gasteiger charge is -2.54. The minimum absolute atomic E-state index is 0.202. The molecular weight excluding hydrogens is 244 g/mol. The largest absolute Gasteiger partial charge is 0.299 e. The van der Waals surface area contributed by atoms with Gasteiger partial charge in [-0.05, 0) is 41.9 Å². The average molecular weight is 278 g/mol. The summed E-state index contributed by atoms with van der Waals surface area (Å²) < 4.78 is 0. The van der Waals surface area contributed by atoms with E-state index in [2.05, 4.69) is 46.8 Å². The normalized spacial score (nSPS) is 36.6. The van der Waals surface area contributed by atoms with Crippen molar-refractivity contribution in [2.24, 2.45) is 35.0 Å². The summed E-state index contributed by atoms with van der Waals surface area (Å²) in [5, 5.41) is 0. The van der Waals surface area contributed by atoms with Crippen molar-refractivity contribution in [1.29, 1.82) is 0 Å². The van der Waals surface area contributed by atoms with E-state index < -0.39 is 0 Å². The highest BCUT2D eigenvalue weighted by molar-refractivity contribution is 5.83. The summed E-state index contributed by atoms with van der Waals surface area (Å²) in [6, 6.07) is 0. The summed E-state index contributed by atoms with van der Waals surface area (Å²) in [6.07, 6.45) is 7.41. The van der Waals surface area contributed by atoms with E-state index in [-0.39, 0.29) is 11.3 Å². The van der Waals surface area contributed by atoms with Crippen LogP contribution in [0.5, 0.6) is 0 Å². The predicted molar refractivity (Wildman–Crippen MR) is 87.6 cm³/mol. The van der Waals surface area contributed by atoms with Gasteiger partial charge in [-0.1, -0.05) is 60.6 Å². The van der Waals surface area contributed by atoms with Gasteiger partial charge in [0.25, 0.3) is 0 Å². The first-order valence-corrected chi connectivity index (χ1v) is 8.55. The Bertz CT molecular complexity index is 353. The van der Waals surface area contributed by atoms with Gasteiger partial charge >= 0.3 is 0 Å². The van der Waals surface area contributed by atoms with Crippen LogP contribution in [-0.2, 0) is 4.79 Å². The second kappa shape index (κ2) is 6.91. The molecule has 1 fully saturated rings. The fourth-order valence-corrected chi connectivity index (χ4v) is 4.75. The molecule has 2 aliphatic carbocycles. The van der Waals surface area contributed by atoms with Crippen LogP contribution in [-0.4, -0.2) is 5.78 Å². The Morgan fingerprint density at radius 2 is 1.70 bits per heavy atom. The van der Waals surface area contributed by atoms with Crippen LogP contribution in [0.25, 0.3) is 0 Å². The molecule has 4 atom stereocenters. The van der Waals surface area contributed by atoms with E-state index in [0.717, 1.165) is 19.3 Å². The molecule has 116 valence electrons. The number of carbonyl (C=O) groups excluding carboxylic acids is 1. The number of hydrogen-bond acceptors (Lipinski definition) is 1. The zero-order valence-corrected chi connectivity index (χ0v) is 14.6. The van der Waals surface area contributed by atoms with Crippen LogP contribution in [0, 0.1) is 35.0 Å². The Hall–Kier alpha value is -0.590. The zero-order chi connectivity index (χ0) is 15.5. The average Bonchev–Trinajstić information content (AvgIpc) is 2.39. The molecule has 20 heavy (non-hydrogen) atoms. The number of hydrogen-bond donors (Lipinski definition) is 0. The van der Waals surface area contributed by atoms with Crippen molar-refractivity contribution in [2.45, 2.75) is 67.7 Å². The molecule has 2 rings (SSSR count). The fraction of sp³-hybridized carbons (Fsp3) is 0.842. The highest BCUT2D eigenvalue weighted by atomic mass is 16.1. The number of rotatable bonds is 2. The van der Waals surface area contributed by atoms with Crippen LogP contribution < -0.4 is 0 Å². The van der Waals surface area contributed by atoms with E-state index >= 15 is 0 Å². The summed E-state index contributed by atoms with van der Waals surface area (Å²) in [6.45, 7) is 15.6. The van der Waals surface area contributed by atoms with Gasteiger partial charge < -0.3 is 0 Å². The SMILES string of the molecule is CC.CC(C)C1CC(=O)C2CC=CCC2(C)C1C(C)C. The molecule has 4 unspecified atom stereocenters. The van der Waals surface area contributed by atoms with Crippen molar-refractivity contribution >= 4 is 5.78 Å². The number of ketones is 1. The van der Waals surface area contributed by atoms with Gasteiger partial charge in [0.05, 0.1) is 0 Å². The summed E-state index contributed by atoms with van der Waals surface area (Å²) in [4.78, 5) is 12.5. The van der Waals surface area contributed by atoms with E-state index in [1.54, 1.807) is 0 Å². The van der Waals surface area contributed by atoms with Gasteiger partial charge in [-0.2, -0.15) is 0 Å². The fourth-order valence-electron chi connectivity index (χ4n) is 4.75. The molecule has 0 aromatic rings. The van der Waals surface area contributed by atoms with E-state index in [0.29, 0.717) is 29.5 Å². The molecule has 0 bridgehead atoms. The van der Waals surface area contributed by atoms with E-state index in [4.69, 9.17) is 0 Å². The predicted octanol–water partition coefficient (Wildman–Crippen LogP) is 5.50. The Morgan fingerprint density at radius 1 is 1.10 bits per heavy atom. The minimum Gasteiger partial charge on any atom is -0.299 e. The van der Waals surface area contributed by atoms with Crippen molar-refractivity contribution < 1.29 is 4.79 Å². The zero-order valence-electron chi connectivity index (χ0n) is 14.6. The Labute approximate surface area is 126 Å². The molecule has 0 spiro atoms. The lowest BCUT2D eigenvalue weighted by atomic mass is 9.49. The van der Waals surface area contributed by atoms with Crippen molar-refractivity contribution in [2.75, 3.05) is 0 Å². The number of fused-ring (bicyclic) bond motifs is 1. The minimum atomic E-state index is 0.202. The summed E-state index contributed by atoms with van der Waals surface area (Å²) in [5.41, 5.74) is 0.202. The molecule has 0 radical (unpaired) electrons. The van der Waals surface area contributed by atoms with Crippen molar-refractivity contribution in [1.82, 2.24) is 0 Å². The molecule has 1 nitrogen and oxygen atoms in total. The van der Waals surface area contributed by atoms with Crippen molar-refractivity contribution in [3.05, 3.63) is 12.2 Å². The lowest BCUT2D eigenvalue weighted by Crippen LogP contribution is -2.52. The molecule has 0 aliphatic heterocycles. The maximum absolute atomic E-state index is 12.5. The first kappa shape index (κ1) is 17.5. The summed E-state index contributed by atoms with van der Waals surface area (Å²) in [7, 11) is 0. The van der Waals surface area contributed by atoms with E-state index in [1.807, 2.05) is 13.8 Å². The van der Waals surface area contributed by atoms with Crippen molar-refractivity contribution in [3.63, 3.8) is 0 Å².